The summed E-state index contributed by atoms with van der Waals surface area (Å²) in [5.74, 6) is 0. The Hall–Kier alpha value is -2.13. The number of nitro groups is 1. The molecule has 0 aromatic heterocycles. The van der Waals surface area contributed by atoms with Crippen molar-refractivity contribution in [1.82, 2.24) is 0 Å². The summed E-state index contributed by atoms with van der Waals surface area (Å²) < 4.78 is 1.22. The molecule has 1 spiro atoms. The second-order valence-corrected chi connectivity index (χ2v) is 5.97. The molecule has 0 bridgehead atoms. The van der Waals surface area contributed by atoms with Crippen LogP contribution in [0, 0.1) is 16.7 Å². The highest BCUT2D eigenvalue weighted by Crippen LogP contribution is 2.33. The average molecular weight is 287 g/mol. The van der Waals surface area contributed by atoms with E-state index in [0.717, 1.165) is 31.9 Å². The Balaban J connectivity index is 1.78. The number of anilines is 1. The summed E-state index contributed by atoms with van der Waals surface area (Å²) in [4.78, 5) is 16.0. The van der Waals surface area contributed by atoms with Crippen molar-refractivity contribution in [2.45, 2.75) is 12.8 Å². The van der Waals surface area contributed by atoms with Crippen molar-refractivity contribution in [2.24, 2.45) is 0 Å². The van der Waals surface area contributed by atoms with Gasteiger partial charge in [0, 0.05) is 24.6 Å². The zero-order valence-corrected chi connectivity index (χ0v) is 12.0. The maximum absolute atomic E-state index is 11.1. The largest absolute Gasteiger partial charge is 0.360 e. The molecular weight excluding hydrogens is 268 g/mol. The first-order valence-corrected chi connectivity index (χ1v) is 7.39. The van der Waals surface area contributed by atoms with E-state index < -0.39 is 4.92 Å². The maximum atomic E-state index is 11.1. The highest BCUT2D eigenvalue weighted by Gasteiger charge is 2.36. The SMILES string of the molecule is [C-]#[N+]c1ccc(N2CC[N+]3(CCCC3)CC2)cc1[N+](=O)[O-]. The number of quaternary nitrogens is 1. The molecule has 2 fully saturated rings. The standard InChI is InChI=1S/C15H19N4O2/c1-16-14-5-4-13(12-15(14)18(20)21)17-6-10-19(11-7-17)8-2-3-9-19/h4-5,12H,2-3,6-11H2/q+1. The summed E-state index contributed by atoms with van der Waals surface area (Å²) >= 11 is 0. The van der Waals surface area contributed by atoms with E-state index in [1.165, 1.54) is 30.4 Å². The van der Waals surface area contributed by atoms with Crippen molar-refractivity contribution in [3.05, 3.63) is 39.7 Å². The molecule has 0 atom stereocenters. The van der Waals surface area contributed by atoms with Gasteiger partial charge >= 0.3 is 0 Å². The maximum Gasteiger partial charge on any atom is 0.281 e. The summed E-state index contributed by atoms with van der Waals surface area (Å²) in [6.07, 6.45) is 2.65. The third-order valence-corrected chi connectivity index (χ3v) is 4.84. The second-order valence-electron chi connectivity index (χ2n) is 5.97. The lowest BCUT2D eigenvalue weighted by Gasteiger charge is -2.42. The minimum atomic E-state index is -0.463. The van der Waals surface area contributed by atoms with Crippen LogP contribution in [0.5, 0.6) is 0 Å². The molecule has 2 aliphatic rings. The van der Waals surface area contributed by atoms with Crippen LogP contribution in [0.2, 0.25) is 0 Å². The predicted molar refractivity (Wildman–Crippen MR) is 80.5 cm³/mol. The van der Waals surface area contributed by atoms with Gasteiger partial charge in [0.2, 0.25) is 0 Å². The van der Waals surface area contributed by atoms with Crippen LogP contribution in [0.15, 0.2) is 18.2 Å². The molecule has 0 unspecified atom stereocenters. The van der Waals surface area contributed by atoms with E-state index in [2.05, 4.69) is 9.74 Å². The van der Waals surface area contributed by atoms with Crippen molar-refractivity contribution in [3.8, 4) is 0 Å². The van der Waals surface area contributed by atoms with E-state index >= 15 is 0 Å². The van der Waals surface area contributed by atoms with Gasteiger partial charge in [-0.1, -0.05) is 0 Å². The van der Waals surface area contributed by atoms with Crippen molar-refractivity contribution in [3.63, 3.8) is 0 Å². The van der Waals surface area contributed by atoms with Crippen LogP contribution in [-0.2, 0) is 0 Å². The molecule has 3 rings (SSSR count). The summed E-state index contributed by atoms with van der Waals surface area (Å²) in [5.41, 5.74) is 0.896. The summed E-state index contributed by atoms with van der Waals surface area (Å²) in [7, 11) is 0. The number of nitrogens with zero attached hydrogens (tertiary/aromatic N) is 4. The molecule has 0 radical (unpaired) electrons. The van der Waals surface area contributed by atoms with E-state index in [-0.39, 0.29) is 11.4 Å². The number of rotatable bonds is 2. The van der Waals surface area contributed by atoms with Crippen LogP contribution in [0.25, 0.3) is 4.85 Å². The van der Waals surface area contributed by atoms with Gasteiger partial charge in [0.25, 0.3) is 11.4 Å². The molecule has 0 aliphatic carbocycles. The number of nitro benzene ring substituents is 1. The van der Waals surface area contributed by atoms with E-state index in [1.807, 2.05) is 6.07 Å². The number of benzene rings is 1. The smallest absolute Gasteiger partial charge is 0.281 e. The van der Waals surface area contributed by atoms with Crippen LogP contribution < -0.4 is 4.90 Å². The van der Waals surface area contributed by atoms with Crippen LogP contribution in [0.4, 0.5) is 17.1 Å². The lowest BCUT2D eigenvalue weighted by molar-refractivity contribution is -0.917. The molecule has 1 aromatic carbocycles. The van der Waals surface area contributed by atoms with Crippen molar-refractivity contribution in [2.75, 3.05) is 44.2 Å². The highest BCUT2D eigenvalue weighted by molar-refractivity contribution is 5.69. The Morgan fingerprint density at radius 3 is 2.43 bits per heavy atom. The molecule has 6 heteroatoms. The van der Waals surface area contributed by atoms with Gasteiger partial charge in [0.1, 0.15) is 0 Å². The molecule has 1 aromatic rings. The molecule has 21 heavy (non-hydrogen) atoms. The Labute approximate surface area is 124 Å². The first-order chi connectivity index (χ1) is 10.1. The van der Waals surface area contributed by atoms with Crippen LogP contribution in [-0.4, -0.2) is 48.7 Å². The third-order valence-electron chi connectivity index (χ3n) is 4.84. The van der Waals surface area contributed by atoms with Crippen molar-refractivity contribution in [1.29, 1.82) is 0 Å². The molecule has 2 heterocycles. The third kappa shape index (κ3) is 2.57. The Morgan fingerprint density at radius 1 is 1.19 bits per heavy atom. The van der Waals surface area contributed by atoms with E-state index in [9.17, 15) is 10.1 Å². The molecular formula is C15H19N4O2+. The van der Waals surface area contributed by atoms with Gasteiger partial charge in [0.05, 0.1) is 50.8 Å². The minimum Gasteiger partial charge on any atom is -0.360 e. The average Bonchev–Trinajstić information content (AvgIpc) is 2.95. The lowest BCUT2D eigenvalue weighted by atomic mass is 10.2. The zero-order valence-electron chi connectivity index (χ0n) is 12.0. The van der Waals surface area contributed by atoms with Crippen LogP contribution in [0.1, 0.15) is 12.8 Å². The number of piperazine rings is 1. The molecule has 0 N–H and O–H groups in total. The van der Waals surface area contributed by atoms with Gasteiger partial charge in [-0.3, -0.25) is 10.1 Å². The fraction of sp³-hybridized carbons (Fsp3) is 0.533. The Morgan fingerprint density at radius 2 is 1.86 bits per heavy atom. The summed E-state index contributed by atoms with van der Waals surface area (Å²) in [6, 6.07) is 4.95. The first-order valence-electron chi connectivity index (χ1n) is 7.39. The molecule has 0 amide bonds. The van der Waals surface area contributed by atoms with E-state index in [1.54, 1.807) is 12.1 Å². The van der Waals surface area contributed by atoms with Gasteiger partial charge in [0.15, 0.2) is 0 Å². The van der Waals surface area contributed by atoms with Crippen molar-refractivity contribution >= 4 is 17.1 Å². The van der Waals surface area contributed by atoms with Gasteiger partial charge in [-0.25, -0.2) is 4.85 Å². The fourth-order valence-electron chi connectivity index (χ4n) is 3.55. The number of hydrogen-bond acceptors (Lipinski definition) is 3. The van der Waals surface area contributed by atoms with Gasteiger partial charge in [-0.2, -0.15) is 0 Å². The van der Waals surface area contributed by atoms with Gasteiger partial charge in [-0.15, -0.1) is 0 Å². The highest BCUT2D eigenvalue weighted by atomic mass is 16.6. The summed E-state index contributed by atoms with van der Waals surface area (Å²) in [6.45, 7) is 13.7. The zero-order chi connectivity index (χ0) is 14.9. The van der Waals surface area contributed by atoms with E-state index in [4.69, 9.17) is 6.57 Å². The molecule has 2 saturated heterocycles. The molecule has 0 saturated carbocycles. The minimum absolute atomic E-state index is 0.0851. The van der Waals surface area contributed by atoms with Gasteiger partial charge in [-0.05, 0) is 12.1 Å². The topological polar surface area (TPSA) is 50.7 Å². The summed E-state index contributed by atoms with van der Waals surface area (Å²) in [5, 5.41) is 11.1. The Bertz CT molecular complexity index is 592. The second kappa shape index (κ2) is 5.34. The van der Waals surface area contributed by atoms with Crippen LogP contribution in [0.3, 0.4) is 0 Å². The van der Waals surface area contributed by atoms with Crippen molar-refractivity contribution < 1.29 is 9.41 Å². The Kier molecular flexibility index (Phi) is 3.52. The van der Waals surface area contributed by atoms with E-state index in [0.29, 0.717) is 0 Å². The van der Waals surface area contributed by atoms with Gasteiger partial charge < -0.3 is 9.38 Å². The molecule has 6 nitrogen and oxygen atoms in total. The first kappa shape index (κ1) is 13.8. The quantitative estimate of drug-likeness (QED) is 0.363. The fourth-order valence-corrected chi connectivity index (χ4v) is 3.55. The predicted octanol–water partition coefficient (Wildman–Crippen LogP) is 2.58. The monoisotopic (exact) mass is 287 g/mol. The molecule has 2 aliphatic heterocycles. The van der Waals surface area contributed by atoms with Crippen LogP contribution >= 0.6 is 0 Å². The normalized spacial score (nSPS) is 20.4. The number of hydrogen-bond donors (Lipinski definition) is 0. The molecule has 110 valence electrons. The lowest BCUT2D eigenvalue weighted by Crippen LogP contribution is -2.58.